The number of nitrogens with one attached hydrogen (secondary N) is 1. The van der Waals surface area contributed by atoms with Gasteiger partial charge < -0.3 is 4.74 Å². The molecular formula is C11H17N3O. The van der Waals surface area contributed by atoms with E-state index in [1.807, 2.05) is 19.3 Å². The van der Waals surface area contributed by atoms with Crippen LogP contribution in [0.2, 0.25) is 0 Å². The van der Waals surface area contributed by atoms with Gasteiger partial charge in [-0.1, -0.05) is 6.07 Å². The molecule has 1 aromatic rings. The molecule has 0 bridgehead atoms. The Balaban J connectivity index is 2.18. The fourth-order valence-corrected chi connectivity index (χ4v) is 2.03. The molecule has 2 rings (SSSR count). The van der Waals surface area contributed by atoms with E-state index in [0.29, 0.717) is 0 Å². The van der Waals surface area contributed by atoms with Crippen LogP contribution < -0.4 is 11.3 Å². The molecule has 2 atom stereocenters. The predicted octanol–water partition coefficient (Wildman–Crippen LogP) is 1.07. The Hall–Kier alpha value is -0.970. The van der Waals surface area contributed by atoms with Gasteiger partial charge in [0, 0.05) is 19.0 Å². The summed E-state index contributed by atoms with van der Waals surface area (Å²) >= 11 is 0. The number of ether oxygens (including phenoxy) is 1. The largest absolute Gasteiger partial charge is 0.376 e. The smallest absolute Gasteiger partial charge is 0.0784 e. The van der Waals surface area contributed by atoms with E-state index in [9.17, 15) is 0 Å². The van der Waals surface area contributed by atoms with Crippen molar-refractivity contribution < 1.29 is 4.74 Å². The van der Waals surface area contributed by atoms with E-state index in [1.165, 1.54) is 0 Å². The van der Waals surface area contributed by atoms with Crippen molar-refractivity contribution in [1.29, 1.82) is 0 Å². The summed E-state index contributed by atoms with van der Waals surface area (Å²) in [5.74, 6) is 5.58. The van der Waals surface area contributed by atoms with Crippen LogP contribution in [0.25, 0.3) is 0 Å². The van der Waals surface area contributed by atoms with Gasteiger partial charge in [-0.2, -0.15) is 0 Å². The lowest BCUT2D eigenvalue weighted by molar-refractivity contribution is 0.0782. The Kier molecular flexibility index (Phi) is 3.30. The van der Waals surface area contributed by atoms with Crippen LogP contribution in [0.3, 0.4) is 0 Å². The van der Waals surface area contributed by atoms with Crippen LogP contribution in [0.4, 0.5) is 0 Å². The molecule has 82 valence electrons. The van der Waals surface area contributed by atoms with Crippen LogP contribution in [0.5, 0.6) is 0 Å². The summed E-state index contributed by atoms with van der Waals surface area (Å²) in [5.41, 5.74) is 5.07. The molecule has 1 aromatic heterocycles. The van der Waals surface area contributed by atoms with Crippen molar-refractivity contribution in [3.8, 4) is 0 Å². The monoisotopic (exact) mass is 207 g/mol. The SMILES string of the molecule is Cc1cncc(C(NN)C2CCCO2)c1. The van der Waals surface area contributed by atoms with E-state index in [1.54, 1.807) is 0 Å². The van der Waals surface area contributed by atoms with Gasteiger partial charge >= 0.3 is 0 Å². The van der Waals surface area contributed by atoms with Crippen LogP contribution >= 0.6 is 0 Å². The van der Waals surface area contributed by atoms with Crippen molar-refractivity contribution in [2.24, 2.45) is 5.84 Å². The lowest BCUT2D eigenvalue weighted by Crippen LogP contribution is -2.36. The number of nitrogens with zero attached hydrogens (tertiary/aromatic N) is 1. The second-order valence-corrected chi connectivity index (χ2v) is 3.99. The highest BCUT2D eigenvalue weighted by Crippen LogP contribution is 2.26. The Bertz CT molecular complexity index is 323. The third-order valence-electron chi connectivity index (χ3n) is 2.77. The Morgan fingerprint density at radius 1 is 1.60 bits per heavy atom. The average molecular weight is 207 g/mol. The second kappa shape index (κ2) is 4.70. The van der Waals surface area contributed by atoms with E-state index in [-0.39, 0.29) is 12.1 Å². The van der Waals surface area contributed by atoms with Gasteiger partial charge in [0.2, 0.25) is 0 Å². The van der Waals surface area contributed by atoms with Crippen LogP contribution in [0.15, 0.2) is 18.5 Å². The molecule has 2 unspecified atom stereocenters. The van der Waals surface area contributed by atoms with Gasteiger partial charge in [-0.25, -0.2) is 0 Å². The lowest BCUT2D eigenvalue weighted by Gasteiger charge is -2.22. The molecule has 1 fully saturated rings. The molecule has 1 aliphatic heterocycles. The maximum atomic E-state index is 5.63. The van der Waals surface area contributed by atoms with E-state index in [4.69, 9.17) is 10.6 Å². The number of pyridine rings is 1. The van der Waals surface area contributed by atoms with Gasteiger partial charge in [-0.15, -0.1) is 0 Å². The zero-order valence-electron chi connectivity index (χ0n) is 8.94. The highest BCUT2D eigenvalue weighted by molar-refractivity contribution is 5.21. The molecular weight excluding hydrogens is 190 g/mol. The minimum Gasteiger partial charge on any atom is -0.376 e. The molecule has 0 saturated carbocycles. The maximum absolute atomic E-state index is 5.63. The number of hydrogen-bond acceptors (Lipinski definition) is 4. The van der Waals surface area contributed by atoms with Crippen LogP contribution in [0.1, 0.15) is 30.0 Å². The second-order valence-electron chi connectivity index (χ2n) is 3.99. The van der Waals surface area contributed by atoms with Crippen molar-refractivity contribution in [3.05, 3.63) is 29.6 Å². The van der Waals surface area contributed by atoms with E-state index >= 15 is 0 Å². The number of hydrazine groups is 1. The van der Waals surface area contributed by atoms with Crippen molar-refractivity contribution in [2.45, 2.75) is 31.9 Å². The van der Waals surface area contributed by atoms with E-state index < -0.39 is 0 Å². The topological polar surface area (TPSA) is 60.2 Å². The number of nitrogens with two attached hydrogens (primary N) is 1. The number of hydrogen-bond donors (Lipinski definition) is 2. The fourth-order valence-electron chi connectivity index (χ4n) is 2.03. The first kappa shape index (κ1) is 10.5. The summed E-state index contributed by atoms with van der Waals surface area (Å²) in [7, 11) is 0. The third-order valence-corrected chi connectivity index (χ3v) is 2.77. The van der Waals surface area contributed by atoms with Crippen LogP contribution in [-0.2, 0) is 4.74 Å². The van der Waals surface area contributed by atoms with Gasteiger partial charge in [0.15, 0.2) is 0 Å². The summed E-state index contributed by atoms with van der Waals surface area (Å²) in [5, 5.41) is 0. The summed E-state index contributed by atoms with van der Waals surface area (Å²) in [6.07, 6.45) is 6.04. The fraction of sp³-hybridized carbons (Fsp3) is 0.545. The van der Waals surface area contributed by atoms with Gasteiger partial charge in [0.1, 0.15) is 0 Å². The van der Waals surface area contributed by atoms with E-state index in [2.05, 4.69) is 16.5 Å². The van der Waals surface area contributed by atoms with E-state index in [0.717, 1.165) is 30.6 Å². The van der Waals surface area contributed by atoms with Crippen LogP contribution in [0, 0.1) is 6.92 Å². The molecule has 15 heavy (non-hydrogen) atoms. The highest BCUT2D eigenvalue weighted by atomic mass is 16.5. The molecule has 0 aromatic carbocycles. The average Bonchev–Trinajstić information content (AvgIpc) is 2.72. The Labute approximate surface area is 89.8 Å². The number of aryl methyl sites for hydroxylation is 1. The highest BCUT2D eigenvalue weighted by Gasteiger charge is 2.26. The van der Waals surface area contributed by atoms with Crippen molar-refractivity contribution in [2.75, 3.05) is 6.61 Å². The zero-order chi connectivity index (χ0) is 10.7. The molecule has 4 nitrogen and oxygen atoms in total. The molecule has 1 aliphatic rings. The molecule has 0 amide bonds. The van der Waals surface area contributed by atoms with Crippen molar-refractivity contribution in [3.63, 3.8) is 0 Å². The van der Waals surface area contributed by atoms with Gasteiger partial charge in [0.05, 0.1) is 12.1 Å². The molecule has 1 saturated heterocycles. The lowest BCUT2D eigenvalue weighted by atomic mass is 10.0. The first-order chi connectivity index (χ1) is 7.31. The Morgan fingerprint density at radius 3 is 3.07 bits per heavy atom. The predicted molar refractivity (Wildman–Crippen MR) is 58.0 cm³/mol. The van der Waals surface area contributed by atoms with Gasteiger partial charge in [0.25, 0.3) is 0 Å². The first-order valence-electron chi connectivity index (χ1n) is 5.30. The van der Waals surface area contributed by atoms with Gasteiger partial charge in [-0.3, -0.25) is 16.3 Å². The first-order valence-corrected chi connectivity index (χ1v) is 5.30. The normalized spacial score (nSPS) is 22.9. The number of rotatable bonds is 3. The summed E-state index contributed by atoms with van der Waals surface area (Å²) in [6.45, 7) is 2.86. The van der Waals surface area contributed by atoms with Crippen LogP contribution in [-0.4, -0.2) is 17.7 Å². The third kappa shape index (κ3) is 2.34. The molecule has 4 heteroatoms. The minimum absolute atomic E-state index is 0.0555. The minimum atomic E-state index is 0.0555. The Morgan fingerprint density at radius 2 is 2.47 bits per heavy atom. The van der Waals surface area contributed by atoms with Crippen molar-refractivity contribution >= 4 is 0 Å². The standard InChI is InChI=1S/C11H17N3O/c1-8-5-9(7-13-6-8)11(14-12)10-3-2-4-15-10/h5-7,10-11,14H,2-4,12H2,1H3. The quantitative estimate of drug-likeness (QED) is 0.575. The van der Waals surface area contributed by atoms with Gasteiger partial charge in [-0.05, 0) is 30.9 Å². The zero-order valence-corrected chi connectivity index (χ0v) is 8.94. The molecule has 2 heterocycles. The summed E-state index contributed by atoms with van der Waals surface area (Å²) in [6, 6.07) is 2.15. The number of aromatic nitrogens is 1. The summed E-state index contributed by atoms with van der Waals surface area (Å²) in [4.78, 5) is 4.17. The molecule has 3 N–H and O–H groups in total. The molecule has 0 spiro atoms. The van der Waals surface area contributed by atoms with Crippen molar-refractivity contribution in [1.82, 2.24) is 10.4 Å². The molecule has 0 radical (unpaired) electrons. The molecule has 0 aliphatic carbocycles. The maximum Gasteiger partial charge on any atom is 0.0784 e. The summed E-state index contributed by atoms with van der Waals surface area (Å²) < 4.78 is 5.63.